The van der Waals surface area contributed by atoms with Crippen molar-refractivity contribution in [1.82, 2.24) is 5.32 Å². The van der Waals surface area contributed by atoms with Crippen molar-refractivity contribution in [3.8, 4) is 0 Å². The first kappa shape index (κ1) is 10.0. The molecule has 1 aliphatic carbocycles. The molecule has 0 radical (unpaired) electrons. The Morgan fingerprint density at radius 3 is 2.25 bits per heavy atom. The Labute approximate surface area is 76.9 Å². The molecular weight excluding hydrogens is 146 g/mol. The van der Waals surface area contributed by atoms with Crippen LogP contribution in [0.2, 0.25) is 0 Å². The van der Waals surface area contributed by atoms with Gasteiger partial charge in [0.25, 0.3) is 0 Å². The third-order valence-corrected chi connectivity index (χ3v) is 3.21. The Balaban J connectivity index is 2.05. The summed E-state index contributed by atoms with van der Waals surface area (Å²) < 4.78 is 0. The third-order valence-electron chi connectivity index (χ3n) is 3.21. The van der Waals surface area contributed by atoms with Crippen LogP contribution in [-0.4, -0.2) is 12.6 Å². The fourth-order valence-corrected chi connectivity index (χ4v) is 1.69. The third kappa shape index (κ3) is 3.14. The monoisotopic (exact) mass is 169 g/mol. The summed E-state index contributed by atoms with van der Waals surface area (Å²) in [6, 6.07) is 0.769. The lowest BCUT2D eigenvalue weighted by atomic mass is 10.0. The highest BCUT2D eigenvalue weighted by molar-refractivity contribution is 4.83. The van der Waals surface area contributed by atoms with Crippen LogP contribution in [0.3, 0.4) is 0 Å². The van der Waals surface area contributed by atoms with Gasteiger partial charge < -0.3 is 5.32 Å². The maximum Gasteiger partial charge on any atom is 0.00671 e. The zero-order valence-electron chi connectivity index (χ0n) is 8.77. The molecule has 0 aromatic rings. The van der Waals surface area contributed by atoms with Crippen molar-refractivity contribution in [2.75, 3.05) is 6.54 Å². The molecular formula is C11H23N. The highest BCUT2D eigenvalue weighted by Crippen LogP contribution is 2.32. The molecule has 0 heterocycles. The predicted octanol–water partition coefficient (Wildman–Crippen LogP) is 2.81. The second-order valence-corrected chi connectivity index (χ2v) is 4.22. The average molecular weight is 169 g/mol. The Morgan fingerprint density at radius 1 is 1.25 bits per heavy atom. The smallest absolute Gasteiger partial charge is 0.00671 e. The number of rotatable bonds is 6. The number of hydrogen-bond acceptors (Lipinski definition) is 1. The number of nitrogens with one attached hydrogen (secondary N) is 1. The molecule has 0 bridgehead atoms. The van der Waals surface area contributed by atoms with E-state index in [9.17, 15) is 0 Å². The van der Waals surface area contributed by atoms with Gasteiger partial charge in [0.05, 0.1) is 0 Å². The van der Waals surface area contributed by atoms with Crippen molar-refractivity contribution >= 4 is 0 Å². The van der Waals surface area contributed by atoms with E-state index < -0.39 is 0 Å². The summed E-state index contributed by atoms with van der Waals surface area (Å²) in [6.07, 6.45) is 5.55. The van der Waals surface area contributed by atoms with Crippen molar-refractivity contribution < 1.29 is 0 Å². The van der Waals surface area contributed by atoms with Crippen molar-refractivity contribution in [3.63, 3.8) is 0 Å². The molecule has 0 spiro atoms. The van der Waals surface area contributed by atoms with E-state index in [2.05, 4.69) is 26.1 Å². The van der Waals surface area contributed by atoms with E-state index in [1.54, 1.807) is 0 Å². The minimum absolute atomic E-state index is 0.769. The first-order valence-electron chi connectivity index (χ1n) is 5.51. The van der Waals surface area contributed by atoms with Gasteiger partial charge in [-0.3, -0.25) is 0 Å². The van der Waals surface area contributed by atoms with Crippen molar-refractivity contribution in [2.24, 2.45) is 11.8 Å². The van der Waals surface area contributed by atoms with Crippen LogP contribution in [0.1, 0.15) is 46.5 Å². The Kier molecular flexibility index (Phi) is 4.07. The molecule has 1 saturated carbocycles. The van der Waals surface area contributed by atoms with Crippen LogP contribution in [0.25, 0.3) is 0 Å². The molecule has 0 saturated heterocycles. The molecule has 1 aliphatic rings. The van der Waals surface area contributed by atoms with Gasteiger partial charge >= 0.3 is 0 Å². The average Bonchev–Trinajstić information content (AvgIpc) is 2.88. The van der Waals surface area contributed by atoms with Gasteiger partial charge in [0, 0.05) is 6.04 Å². The maximum atomic E-state index is 3.65. The topological polar surface area (TPSA) is 12.0 Å². The van der Waals surface area contributed by atoms with Crippen LogP contribution in [0.4, 0.5) is 0 Å². The van der Waals surface area contributed by atoms with Crippen LogP contribution in [-0.2, 0) is 0 Å². The molecule has 1 fully saturated rings. The van der Waals surface area contributed by atoms with Gasteiger partial charge in [0.2, 0.25) is 0 Å². The van der Waals surface area contributed by atoms with Gasteiger partial charge in [-0.2, -0.15) is 0 Å². The zero-order valence-corrected chi connectivity index (χ0v) is 8.77. The van der Waals surface area contributed by atoms with Gasteiger partial charge in [0.15, 0.2) is 0 Å². The molecule has 1 heteroatoms. The van der Waals surface area contributed by atoms with Crippen LogP contribution in [0.15, 0.2) is 0 Å². The summed E-state index contributed by atoms with van der Waals surface area (Å²) in [5.41, 5.74) is 0. The summed E-state index contributed by atoms with van der Waals surface area (Å²) in [4.78, 5) is 0. The van der Waals surface area contributed by atoms with E-state index in [0.29, 0.717) is 0 Å². The molecule has 1 atom stereocenters. The second kappa shape index (κ2) is 4.86. The minimum Gasteiger partial charge on any atom is -0.314 e. The van der Waals surface area contributed by atoms with Crippen molar-refractivity contribution in [2.45, 2.75) is 52.5 Å². The van der Waals surface area contributed by atoms with Gasteiger partial charge in [-0.15, -0.1) is 0 Å². The van der Waals surface area contributed by atoms with Crippen molar-refractivity contribution in [1.29, 1.82) is 0 Å². The fourth-order valence-electron chi connectivity index (χ4n) is 1.69. The predicted molar refractivity (Wildman–Crippen MR) is 54.3 cm³/mol. The molecule has 1 N–H and O–H groups in total. The maximum absolute atomic E-state index is 3.65. The fraction of sp³-hybridized carbons (Fsp3) is 1.00. The van der Waals surface area contributed by atoms with Crippen LogP contribution in [0.5, 0.6) is 0 Å². The minimum atomic E-state index is 0.769. The molecule has 12 heavy (non-hydrogen) atoms. The largest absolute Gasteiger partial charge is 0.314 e. The SMILES string of the molecule is CCC(CC)CNC(C)C1CC1. The molecule has 0 aromatic carbocycles. The molecule has 1 unspecified atom stereocenters. The van der Waals surface area contributed by atoms with Gasteiger partial charge in [-0.1, -0.05) is 26.7 Å². The van der Waals surface area contributed by atoms with E-state index >= 15 is 0 Å². The summed E-state index contributed by atoms with van der Waals surface area (Å²) in [5.74, 6) is 1.89. The molecule has 0 amide bonds. The quantitative estimate of drug-likeness (QED) is 0.644. The van der Waals surface area contributed by atoms with E-state index in [0.717, 1.165) is 17.9 Å². The summed E-state index contributed by atoms with van der Waals surface area (Å²) >= 11 is 0. The summed E-state index contributed by atoms with van der Waals surface area (Å²) in [7, 11) is 0. The van der Waals surface area contributed by atoms with Crippen LogP contribution >= 0.6 is 0 Å². The highest BCUT2D eigenvalue weighted by Gasteiger charge is 2.27. The highest BCUT2D eigenvalue weighted by atomic mass is 14.9. The molecule has 0 aliphatic heterocycles. The lowest BCUT2D eigenvalue weighted by molar-refractivity contribution is 0.399. The first-order chi connectivity index (χ1) is 5.77. The molecule has 0 aromatic heterocycles. The van der Waals surface area contributed by atoms with E-state index in [4.69, 9.17) is 0 Å². The van der Waals surface area contributed by atoms with Gasteiger partial charge in [0.1, 0.15) is 0 Å². The van der Waals surface area contributed by atoms with Gasteiger partial charge in [-0.05, 0) is 38.1 Å². The zero-order chi connectivity index (χ0) is 8.97. The Bertz CT molecular complexity index is 112. The number of hydrogen-bond donors (Lipinski definition) is 1. The lowest BCUT2D eigenvalue weighted by Gasteiger charge is -2.17. The molecule has 72 valence electrons. The summed E-state index contributed by atoms with van der Waals surface area (Å²) in [6.45, 7) is 8.14. The summed E-state index contributed by atoms with van der Waals surface area (Å²) in [5, 5.41) is 3.65. The molecule has 1 nitrogen and oxygen atoms in total. The Morgan fingerprint density at radius 2 is 1.83 bits per heavy atom. The van der Waals surface area contributed by atoms with Crippen LogP contribution < -0.4 is 5.32 Å². The van der Waals surface area contributed by atoms with Gasteiger partial charge in [-0.25, -0.2) is 0 Å². The first-order valence-corrected chi connectivity index (χ1v) is 5.51. The van der Waals surface area contributed by atoms with Crippen LogP contribution in [0, 0.1) is 11.8 Å². The Hall–Kier alpha value is -0.0400. The second-order valence-electron chi connectivity index (χ2n) is 4.22. The normalized spacial score (nSPS) is 20.0. The molecule has 1 rings (SSSR count). The standard InChI is InChI=1S/C11H23N/c1-4-10(5-2)8-12-9(3)11-6-7-11/h9-12H,4-8H2,1-3H3. The lowest BCUT2D eigenvalue weighted by Crippen LogP contribution is -2.32. The van der Waals surface area contributed by atoms with E-state index in [1.165, 1.54) is 32.2 Å². The van der Waals surface area contributed by atoms with E-state index in [1.807, 2.05) is 0 Å². The van der Waals surface area contributed by atoms with Crippen molar-refractivity contribution in [3.05, 3.63) is 0 Å². The van der Waals surface area contributed by atoms with E-state index in [-0.39, 0.29) is 0 Å².